The van der Waals surface area contributed by atoms with E-state index in [1.807, 2.05) is 24.3 Å². The third-order valence-electron chi connectivity index (χ3n) is 5.64. The Hall–Kier alpha value is -4.05. The molecule has 1 atom stereocenters. The van der Waals surface area contributed by atoms with Crippen LogP contribution in [0.5, 0.6) is 0 Å². The summed E-state index contributed by atoms with van der Waals surface area (Å²) < 4.78 is 12.0. The number of benzene rings is 2. The number of imide groups is 1. The first kappa shape index (κ1) is 19.9. The fourth-order valence-corrected chi connectivity index (χ4v) is 3.86. The molecule has 1 N–H and O–H groups in total. The summed E-state index contributed by atoms with van der Waals surface area (Å²) in [5.74, 6) is -0.172. The molecule has 162 valence electrons. The van der Waals surface area contributed by atoms with Crippen LogP contribution in [-0.4, -0.2) is 40.1 Å². The molecule has 2 aromatic carbocycles. The molecular weight excluding hydrogens is 414 g/mol. The maximum absolute atomic E-state index is 13.0. The molecule has 0 bridgehead atoms. The van der Waals surface area contributed by atoms with E-state index < -0.39 is 11.7 Å². The number of fused-ring (bicyclic) bond motifs is 1. The smallest absolute Gasteiger partial charge is 0.431 e. The molecule has 10 nitrogen and oxygen atoms in total. The molecule has 1 fully saturated rings. The molecule has 5 rings (SSSR count). The van der Waals surface area contributed by atoms with Crippen LogP contribution in [0, 0.1) is 0 Å². The number of amides is 2. The van der Waals surface area contributed by atoms with Gasteiger partial charge in [-0.15, -0.1) is 0 Å². The summed E-state index contributed by atoms with van der Waals surface area (Å²) in [6.07, 6.45) is 0.0294. The minimum absolute atomic E-state index is 0.0294. The molecule has 4 aromatic rings. The number of carbonyl (C=O) groups excluding carboxylic acids is 2. The first-order chi connectivity index (χ1) is 15.4. The molecule has 32 heavy (non-hydrogen) atoms. The van der Waals surface area contributed by atoms with Gasteiger partial charge in [0.1, 0.15) is 5.52 Å². The van der Waals surface area contributed by atoms with Gasteiger partial charge in [0.05, 0.1) is 24.7 Å². The molecule has 2 aromatic heterocycles. The van der Waals surface area contributed by atoms with Gasteiger partial charge in [-0.05, 0) is 48.7 Å². The molecule has 0 saturated carbocycles. The molecule has 3 heterocycles. The predicted octanol–water partition coefficient (Wildman–Crippen LogP) is 1.36. The van der Waals surface area contributed by atoms with Crippen LogP contribution < -0.4 is 15.2 Å². The Bertz CT molecular complexity index is 1350. The normalized spacial score (nSPS) is 16.6. The van der Waals surface area contributed by atoms with Crippen molar-refractivity contribution in [1.82, 2.24) is 15.2 Å². The number of aromatic amines is 1. The van der Waals surface area contributed by atoms with Gasteiger partial charge in [0.15, 0.2) is 12.6 Å². The van der Waals surface area contributed by atoms with Gasteiger partial charge in [0, 0.05) is 5.56 Å². The Morgan fingerprint density at radius 1 is 1.16 bits per heavy atom. The molecule has 0 spiro atoms. The fraction of sp³-hybridized carbons (Fsp3) is 0.227. The molecule has 1 saturated heterocycles. The van der Waals surface area contributed by atoms with Gasteiger partial charge < -0.3 is 4.42 Å². The molecule has 1 unspecified atom stereocenters. The van der Waals surface area contributed by atoms with Crippen molar-refractivity contribution in [2.75, 3.05) is 11.9 Å². The molecule has 0 radical (unpaired) electrons. The monoisotopic (exact) mass is 434 g/mol. The summed E-state index contributed by atoms with van der Waals surface area (Å²) in [4.78, 5) is 44.8. The molecule has 0 aliphatic carbocycles. The summed E-state index contributed by atoms with van der Waals surface area (Å²) >= 11 is 0. The lowest BCUT2D eigenvalue weighted by Crippen LogP contribution is -2.44. The van der Waals surface area contributed by atoms with Gasteiger partial charge >= 0.3 is 11.3 Å². The summed E-state index contributed by atoms with van der Waals surface area (Å²) in [6, 6.07) is 13.7. The Kier molecular flexibility index (Phi) is 4.71. The number of para-hydroxylation sites is 2. The number of aryl methyl sites for hydroxylation is 1. The van der Waals surface area contributed by atoms with Crippen LogP contribution in [0.25, 0.3) is 22.6 Å². The van der Waals surface area contributed by atoms with E-state index in [1.165, 1.54) is 9.58 Å². The first-order valence-corrected chi connectivity index (χ1v) is 10.0. The Morgan fingerprint density at radius 3 is 2.59 bits per heavy atom. The van der Waals surface area contributed by atoms with Crippen molar-refractivity contribution in [3.63, 3.8) is 0 Å². The van der Waals surface area contributed by atoms with Crippen LogP contribution in [0.3, 0.4) is 0 Å². The maximum Gasteiger partial charge on any atom is 0.431 e. The number of anilines is 1. The van der Waals surface area contributed by atoms with Gasteiger partial charge in [-0.2, -0.15) is 0 Å². The SMILES string of the molecule is CN(Cc1c(=O)o[nH][n+]1C)C1CC(=O)N(c2ccc(-c3nc4ccccc4o3)cc2)C1=O. The first-order valence-electron chi connectivity index (χ1n) is 10.0. The van der Waals surface area contributed by atoms with Gasteiger partial charge in [-0.1, -0.05) is 16.8 Å². The number of rotatable bonds is 5. The van der Waals surface area contributed by atoms with E-state index in [1.54, 1.807) is 43.3 Å². The van der Waals surface area contributed by atoms with Crippen molar-refractivity contribution in [3.05, 3.63) is 64.6 Å². The van der Waals surface area contributed by atoms with E-state index in [-0.39, 0.29) is 24.8 Å². The van der Waals surface area contributed by atoms with E-state index >= 15 is 0 Å². The van der Waals surface area contributed by atoms with Gasteiger partial charge in [-0.25, -0.2) is 14.7 Å². The highest BCUT2D eigenvalue weighted by Gasteiger charge is 2.42. The van der Waals surface area contributed by atoms with Crippen LogP contribution in [0.4, 0.5) is 5.69 Å². The second-order valence-corrected chi connectivity index (χ2v) is 7.72. The lowest BCUT2D eigenvalue weighted by molar-refractivity contribution is -0.746. The topological polar surface area (TPSA) is 117 Å². The predicted molar refractivity (Wildman–Crippen MR) is 112 cm³/mol. The molecule has 2 amide bonds. The second kappa shape index (κ2) is 7.57. The van der Waals surface area contributed by atoms with Gasteiger partial charge in [0.2, 0.25) is 11.8 Å². The third kappa shape index (κ3) is 3.30. The average molecular weight is 434 g/mol. The Labute approximate surface area is 181 Å². The number of oxazole rings is 1. The van der Waals surface area contributed by atoms with E-state index in [4.69, 9.17) is 8.94 Å². The van der Waals surface area contributed by atoms with Crippen LogP contribution in [0.15, 0.2) is 62.3 Å². The van der Waals surface area contributed by atoms with Crippen LogP contribution >= 0.6 is 0 Å². The standard InChI is InChI=1S/C22H19N5O5/c1-25(12-17-22(30)32-24-26(17)2)16-11-19(28)27(21(16)29)14-9-7-13(8-10-14)20-23-15-5-3-4-6-18(15)31-20/h3-10,16H,11-12H2,1-2H3/p+1. The summed E-state index contributed by atoms with van der Waals surface area (Å²) in [5, 5.41) is 2.44. The maximum atomic E-state index is 13.0. The van der Waals surface area contributed by atoms with Gasteiger partial charge in [0.25, 0.3) is 5.91 Å². The van der Waals surface area contributed by atoms with E-state index in [0.717, 1.165) is 11.1 Å². The van der Waals surface area contributed by atoms with Crippen LogP contribution in [0.1, 0.15) is 12.1 Å². The van der Waals surface area contributed by atoms with Gasteiger partial charge in [-0.3, -0.25) is 19.0 Å². The summed E-state index contributed by atoms with van der Waals surface area (Å²) in [5.41, 5.74) is 2.50. The Balaban J connectivity index is 1.36. The zero-order valence-electron chi connectivity index (χ0n) is 17.4. The van der Waals surface area contributed by atoms with Crippen molar-refractivity contribution >= 4 is 28.6 Å². The van der Waals surface area contributed by atoms with E-state index in [9.17, 15) is 14.4 Å². The zero-order valence-corrected chi connectivity index (χ0v) is 17.4. The molecule has 1 aliphatic rings. The highest BCUT2D eigenvalue weighted by Crippen LogP contribution is 2.29. The zero-order chi connectivity index (χ0) is 22.4. The van der Waals surface area contributed by atoms with E-state index in [0.29, 0.717) is 22.9 Å². The van der Waals surface area contributed by atoms with Crippen molar-refractivity contribution in [2.45, 2.75) is 19.0 Å². The van der Waals surface area contributed by atoms with Crippen molar-refractivity contribution in [3.8, 4) is 11.5 Å². The number of aromatic nitrogens is 3. The molecule has 10 heteroatoms. The number of nitrogens with zero attached hydrogens (tertiary/aromatic N) is 4. The minimum atomic E-state index is -0.673. The number of carbonyl (C=O) groups is 2. The molecular formula is C22H20N5O5+. The molecule has 1 aliphatic heterocycles. The van der Waals surface area contributed by atoms with Crippen LogP contribution in [0.2, 0.25) is 0 Å². The number of nitrogens with one attached hydrogen (secondary N) is 1. The highest BCUT2D eigenvalue weighted by atomic mass is 16.5. The van der Waals surface area contributed by atoms with Crippen molar-refractivity contribution < 1.29 is 23.2 Å². The number of likely N-dealkylation sites (N-methyl/N-ethyl adjacent to an activating group) is 1. The quantitative estimate of drug-likeness (QED) is 0.372. The number of H-pyrrole nitrogens is 1. The van der Waals surface area contributed by atoms with Crippen molar-refractivity contribution in [2.24, 2.45) is 7.05 Å². The lowest BCUT2D eigenvalue weighted by atomic mass is 10.2. The van der Waals surface area contributed by atoms with Crippen LogP contribution in [-0.2, 0) is 23.2 Å². The minimum Gasteiger partial charge on any atom is -0.436 e. The number of hydrogen-bond donors (Lipinski definition) is 1. The highest BCUT2D eigenvalue weighted by molar-refractivity contribution is 6.22. The van der Waals surface area contributed by atoms with E-state index in [2.05, 4.69) is 10.3 Å². The lowest BCUT2D eigenvalue weighted by Gasteiger charge is -2.20. The van der Waals surface area contributed by atoms with Crippen molar-refractivity contribution in [1.29, 1.82) is 0 Å². The Morgan fingerprint density at radius 2 is 1.91 bits per heavy atom. The summed E-state index contributed by atoms with van der Waals surface area (Å²) in [6.45, 7) is 0.163. The summed E-state index contributed by atoms with van der Waals surface area (Å²) in [7, 11) is 3.34. The second-order valence-electron chi connectivity index (χ2n) is 7.72. The fourth-order valence-electron chi connectivity index (χ4n) is 3.86. The average Bonchev–Trinajstić information content (AvgIpc) is 3.45. The third-order valence-corrected chi connectivity index (χ3v) is 5.64. The largest absolute Gasteiger partial charge is 0.436 e. The number of hydrogen-bond acceptors (Lipinski definition) is 7.